The number of rotatable bonds is 5. The highest BCUT2D eigenvalue weighted by molar-refractivity contribution is 5.84. The van der Waals surface area contributed by atoms with Crippen LogP contribution in [0.2, 0.25) is 0 Å². The highest BCUT2D eigenvalue weighted by atomic mass is 16.5. The van der Waals surface area contributed by atoms with Crippen LogP contribution >= 0.6 is 0 Å². The molecular formula is C14H14N2O3. The SMILES string of the molecule is CO[C@H](C(=O)N/N=C\c1ccco1)c1ccccc1. The lowest BCUT2D eigenvalue weighted by molar-refractivity contribution is -0.131. The van der Waals surface area contributed by atoms with Crippen molar-refractivity contribution in [3.8, 4) is 0 Å². The second-order valence-electron chi connectivity index (χ2n) is 3.78. The molecule has 19 heavy (non-hydrogen) atoms. The van der Waals surface area contributed by atoms with E-state index < -0.39 is 6.10 Å². The quantitative estimate of drug-likeness (QED) is 0.660. The maximum atomic E-state index is 11.9. The van der Waals surface area contributed by atoms with E-state index >= 15 is 0 Å². The Bertz CT molecular complexity index is 535. The van der Waals surface area contributed by atoms with Crippen molar-refractivity contribution in [1.82, 2.24) is 5.43 Å². The van der Waals surface area contributed by atoms with Gasteiger partial charge in [0.05, 0.1) is 12.5 Å². The molecule has 0 radical (unpaired) electrons. The smallest absolute Gasteiger partial charge is 0.273 e. The van der Waals surface area contributed by atoms with Crippen molar-refractivity contribution in [1.29, 1.82) is 0 Å². The molecule has 0 saturated heterocycles. The van der Waals surface area contributed by atoms with Crippen LogP contribution in [0.3, 0.4) is 0 Å². The Morgan fingerprint density at radius 2 is 2.11 bits per heavy atom. The minimum Gasteiger partial charge on any atom is -0.463 e. The summed E-state index contributed by atoms with van der Waals surface area (Å²) in [6.07, 6.45) is 2.27. The van der Waals surface area contributed by atoms with Crippen molar-refractivity contribution in [2.24, 2.45) is 5.10 Å². The van der Waals surface area contributed by atoms with Crippen molar-refractivity contribution < 1.29 is 13.9 Å². The summed E-state index contributed by atoms with van der Waals surface area (Å²) in [5.41, 5.74) is 3.19. The molecule has 0 aliphatic heterocycles. The maximum absolute atomic E-state index is 11.9. The Morgan fingerprint density at radius 3 is 2.74 bits per heavy atom. The van der Waals surface area contributed by atoms with Crippen molar-refractivity contribution in [2.45, 2.75) is 6.10 Å². The second-order valence-corrected chi connectivity index (χ2v) is 3.78. The van der Waals surface area contributed by atoms with E-state index in [0.717, 1.165) is 5.56 Å². The normalized spacial score (nSPS) is 12.5. The van der Waals surface area contributed by atoms with Crippen LogP contribution in [0.5, 0.6) is 0 Å². The van der Waals surface area contributed by atoms with Gasteiger partial charge in [0.25, 0.3) is 5.91 Å². The van der Waals surface area contributed by atoms with Crippen LogP contribution in [-0.2, 0) is 9.53 Å². The summed E-state index contributed by atoms with van der Waals surface area (Å²) in [7, 11) is 1.48. The summed E-state index contributed by atoms with van der Waals surface area (Å²) in [6.45, 7) is 0. The number of carbonyl (C=O) groups is 1. The van der Waals surface area contributed by atoms with Crippen LogP contribution in [0.4, 0.5) is 0 Å². The first kappa shape index (κ1) is 13.0. The van der Waals surface area contributed by atoms with Crippen LogP contribution in [0.25, 0.3) is 0 Å². The number of carbonyl (C=O) groups excluding carboxylic acids is 1. The topological polar surface area (TPSA) is 63.8 Å². The van der Waals surface area contributed by atoms with Crippen LogP contribution in [0.1, 0.15) is 17.4 Å². The molecule has 0 spiro atoms. The Labute approximate surface area is 110 Å². The summed E-state index contributed by atoms with van der Waals surface area (Å²) >= 11 is 0. The summed E-state index contributed by atoms with van der Waals surface area (Å²) in [5.74, 6) is 0.227. The molecule has 1 heterocycles. The third-order valence-corrected chi connectivity index (χ3v) is 2.49. The van der Waals surface area contributed by atoms with E-state index in [9.17, 15) is 4.79 Å². The highest BCUT2D eigenvalue weighted by Gasteiger charge is 2.18. The van der Waals surface area contributed by atoms with Gasteiger partial charge in [-0.3, -0.25) is 4.79 Å². The number of nitrogens with one attached hydrogen (secondary N) is 1. The molecule has 1 N–H and O–H groups in total. The number of amides is 1. The lowest BCUT2D eigenvalue weighted by Gasteiger charge is -2.13. The van der Waals surface area contributed by atoms with E-state index in [-0.39, 0.29) is 5.91 Å². The number of ether oxygens (including phenoxy) is 1. The molecule has 0 unspecified atom stereocenters. The van der Waals surface area contributed by atoms with Gasteiger partial charge in [0.15, 0.2) is 6.10 Å². The molecule has 0 fully saturated rings. The first-order valence-corrected chi connectivity index (χ1v) is 5.75. The largest absolute Gasteiger partial charge is 0.463 e. The fourth-order valence-electron chi connectivity index (χ4n) is 1.61. The molecular weight excluding hydrogens is 244 g/mol. The van der Waals surface area contributed by atoms with Gasteiger partial charge in [-0.1, -0.05) is 30.3 Å². The number of hydrazone groups is 1. The first-order chi connectivity index (χ1) is 9.31. The minimum absolute atomic E-state index is 0.337. The van der Waals surface area contributed by atoms with E-state index in [1.807, 2.05) is 30.3 Å². The van der Waals surface area contributed by atoms with Gasteiger partial charge in [0.1, 0.15) is 5.76 Å². The van der Waals surface area contributed by atoms with Crippen LogP contribution in [0.15, 0.2) is 58.2 Å². The third-order valence-electron chi connectivity index (χ3n) is 2.49. The number of hydrogen-bond donors (Lipinski definition) is 1. The molecule has 2 aromatic rings. The number of benzene rings is 1. The Balaban J connectivity index is 1.98. The van der Waals surface area contributed by atoms with Crippen LogP contribution in [-0.4, -0.2) is 19.2 Å². The van der Waals surface area contributed by atoms with Gasteiger partial charge in [-0.25, -0.2) is 5.43 Å². The monoisotopic (exact) mass is 258 g/mol. The van der Waals surface area contributed by atoms with Gasteiger partial charge >= 0.3 is 0 Å². The fourth-order valence-corrected chi connectivity index (χ4v) is 1.61. The number of furan rings is 1. The van der Waals surface area contributed by atoms with Crippen molar-refractivity contribution >= 4 is 12.1 Å². The van der Waals surface area contributed by atoms with Crippen molar-refractivity contribution in [3.05, 3.63) is 60.1 Å². The molecule has 5 heteroatoms. The fraction of sp³-hybridized carbons (Fsp3) is 0.143. The predicted molar refractivity (Wildman–Crippen MR) is 70.6 cm³/mol. The molecule has 98 valence electrons. The molecule has 1 amide bonds. The molecule has 1 atom stereocenters. The molecule has 5 nitrogen and oxygen atoms in total. The molecule has 2 rings (SSSR count). The van der Waals surface area contributed by atoms with Gasteiger partial charge in [-0.15, -0.1) is 0 Å². The van der Waals surface area contributed by atoms with E-state index in [1.54, 1.807) is 12.1 Å². The Morgan fingerprint density at radius 1 is 1.32 bits per heavy atom. The van der Waals surface area contributed by atoms with Gasteiger partial charge in [0, 0.05) is 7.11 Å². The molecule has 1 aromatic carbocycles. The van der Waals surface area contributed by atoms with Gasteiger partial charge in [-0.05, 0) is 17.7 Å². The van der Waals surface area contributed by atoms with E-state index in [1.165, 1.54) is 19.6 Å². The summed E-state index contributed by atoms with van der Waals surface area (Å²) in [4.78, 5) is 11.9. The van der Waals surface area contributed by atoms with Gasteiger partial charge in [-0.2, -0.15) is 5.10 Å². The summed E-state index contributed by atoms with van der Waals surface area (Å²) in [5, 5.41) is 3.81. The number of nitrogens with zero attached hydrogens (tertiary/aromatic N) is 1. The first-order valence-electron chi connectivity index (χ1n) is 5.75. The minimum atomic E-state index is -0.685. The summed E-state index contributed by atoms with van der Waals surface area (Å²) in [6, 6.07) is 12.7. The molecule has 0 aliphatic rings. The van der Waals surface area contributed by atoms with Crippen LogP contribution < -0.4 is 5.43 Å². The van der Waals surface area contributed by atoms with E-state index in [0.29, 0.717) is 5.76 Å². The maximum Gasteiger partial charge on any atom is 0.273 e. The Hall–Kier alpha value is -2.40. The van der Waals surface area contributed by atoms with E-state index in [2.05, 4.69) is 10.5 Å². The molecule has 1 aromatic heterocycles. The van der Waals surface area contributed by atoms with Crippen LogP contribution in [0, 0.1) is 0 Å². The van der Waals surface area contributed by atoms with Gasteiger partial charge in [0.2, 0.25) is 0 Å². The van der Waals surface area contributed by atoms with E-state index in [4.69, 9.17) is 9.15 Å². The zero-order chi connectivity index (χ0) is 13.5. The zero-order valence-electron chi connectivity index (χ0n) is 10.4. The molecule has 0 saturated carbocycles. The zero-order valence-corrected chi connectivity index (χ0v) is 10.4. The lowest BCUT2D eigenvalue weighted by atomic mass is 10.1. The van der Waals surface area contributed by atoms with Gasteiger partial charge < -0.3 is 9.15 Å². The van der Waals surface area contributed by atoms with Crippen molar-refractivity contribution in [3.63, 3.8) is 0 Å². The average molecular weight is 258 g/mol. The predicted octanol–water partition coefficient (Wildman–Crippen LogP) is 2.12. The highest BCUT2D eigenvalue weighted by Crippen LogP contribution is 2.15. The Kier molecular flexibility index (Phi) is 4.47. The molecule has 0 aliphatic carbocycles. The number of hydrogen-bond acceptors (Lipinski definition) is 4. The standard InChI is InChI=1S/C14H14N2O3/c1-18-13(11-6-3-2-4-7-11)14(17)16-15-10-12-8-5-9-19-12/h2-10,13H,1H3,(H,16,17)/b15-10-/t13-/m0/s1. The number of methoxy groups -OCH3 is 1. The lowest BCUT2D eigenvalue weighted by Crippen LogP contribution is -2.26. The average Bonchev–Trinajstić information content (AvgIpc) is 2.94. The second kappa shape index (κ2) is 6.51. The molecule has 0 bridgehead atoms. The van der Waals surface area contributed by atoms with Crippen molar-refractivity contribution in [2.75, 3.05) is 7.11 Å². The summed E-state index contributed by atoms with van der Waals surface area (Å²) < 4.78 is 10.2. The third kappa shape index (κ3) is 3.53.